The van der Waals surface area contributed by atoms with Crippen LogP contribution in [0.1, 0.15) is 29.8 Å². The highest BCUT2D eigenvalue weighted by molar-refractivity contribution is 6.03. The number of hydrogen-bond donors (Lipinski definition) is 1. The highest BCUT2D eigenvalue weighted by Crippen LogP contribution is 2.23. The van der Waals surface area contributed by atoms with E-state index in [-0.39, 0.29) is 11.6 Å². The number of aromatic nitrogens is 3. The van der Waals surface area contributed by atoms with E-state index in [1.54, 1.807) is 6.07 Å². The number of nitrogens with zero attached hydrogens (tertiary/aromatic N) is 4. The minimum atomic E-state index is -0.325. The molecule has 0 spiro atoms. The van der Waals surface area contributed by atoms with E-state index in [2.05, 4.69) is 25.6 Å². The number of carbonyl (C=O) groups is 1. The molecule has 7 heteroatoms. The molecule has 0 saturated carbocycles. The van der Waals surface area contributed by atoms with Crippen LogP contribution in [0, 0.1) is 0 Å². The van der Waals surface area contributed by atoms with Crippen LogP contribution < -0.4 is 10.2 Å². The van der Waals surface area contributed by atoms with Gasteiger partial charge in [0.2, 0.25) is 0 Å². The molecule has 1 aliphatic heterocycles. The number of nitrogens with one attached hydrogen (secondary N) is 1. The third-order valence-corrected chi connectivity index (χ3v) is 5.57. The van der Waals surface area contributed by atoms with Gasteiger partial charge in [-0.15, -0.1) is 10.2 Å². The van der Waals surface area contributed by atoms with Crippen molar-refractivity contribution in [2.24, 2.45) is 0 Å². The van der Waals surface area contributed by atoms with E-state index in [4.69, 9.17) is 4.52 Å². The van der Waals surface area contributed by atoms with Gasteiger partial charge >= 0.3 is 0 Å². The molecule has 5 rings (SSSR count). The highest BCUT2D eigenvalue weighted by Gasteiger charge is 2.15. The molecule has 0 radical (unpaired) electrons. The number of amides is 1. The molecule has 0 bridgehead atoms. The summed E-state index contributed by atoms with van der Waals surface area (Å²) < 4.78 is 5.31. The van der Waals surface area contributed by atoms with Gasteiger partial charge in [0.15, 0.2) is 17.3 Å². The second kappa shape index (κ2) is 9.01. The molecule has 1 saturated heterocycles. The molecule has 4 aromatic rings. The van der Waals surface area contributed by atoms with Gasteiger partial charge in [0.1, 0.15) is 0 Å². The van der Waals surface area contributed by atoms with Crippen LogP contribution in [-0.2, 0) is 0 Å². The number of benzene rings is 2. The molecule has 1 fully saturated rings. The summed E-state index contributed by atoms with van der Waals surface area (Å²) in [6.07, 6.45) is 3.70. The maximum Gasteiger partial charge on any atom is 0.277 e. The molecule has 2 aromatic heterocycles. The fourth-order valence-electron chi connectivity index (χ4n) is 3.81. The van der Waals surface area contributed by atoms with Gasteiger partial charge < -0.3 is 14.7 Å². The predicted octanol–water partition coefficient (Wildman–Crippen LogP) is 5.04. The molecule has 3 heterocycles. The molecule has 2 aromatic carbocycles. The van der Waals surface area contributed by atoms with Crippen molar-refractivity contribution < 1.29 is 9.32 Å². The average molecular weight is 425 g/mol. The lowest BCUT2D eigenvalue weighted by Gasteiger charge is -2.27. The Hall–Kier alpha value is -4.00. The summed E-state index contributed by atoms with van der Waals surface area (Å²) in [5, 5.41) is 15.5. The molecule has 160 valence electrons. The summed E-state index contributed by atoms with van der Waals surface area (Å²) >= 11 is 0. The quantitative estimate of drug-likeness (QED) is 0.482. The Kier molecular flexibility index (Phi) is 5.61. The molecule has 1 aliphatic rings. The molecule has 0 unspecified atom stereocenters. The Balaban J connectivity index is 1.24. The molecule has 32 heavy (non-hydrogen) atoms. The maximum absolute atomic E-state index is 12.5. The Morgan fingerprint density at radius 1 is 0.844 bits per heavy atom. The van der Waals surface area contributed by atoms with Crippen molar-refractivity contribution in [2.75, 3.05) is 23.3 Å². The summed E-state index contributed by atoms with van der Waals surface area (Å²) in [7, 11) is 0. The number of carbonyl (C=O) groups excluding carboxylic acids is 1. The van der Waals surface area contributed by atoms with Gasteiger partial charge in [0, 0.05) is 36.0 Å². The number of anilines is 2. The van der Waals surface area contributed by atoms with Gasteiger partial charge in [-0.05, 0) is 43.5 Å². The van der Waals surface area contributed by atoms with Crippen LogP contribution in [0.2, 0.25) is 0 Å². The molecule has 7 nitrogen and oxygen atoms in total. The van der Waals surface area contributed by atoms with E-state index >= 15 is 0 Å². The number of piperidine rings is 1. The van der Waals surface area contributed by atoms with E-state index < -0.39 is 0 Å². The zero-order valence-corrected chi connectivity index (χ0v) is 17.6. The van der Waals surface area contributed by atoms with E-state index in [0.29, 0.717) is 11.4 Å². The molecule has 0 aliphatic carbocycles. The third kappa shape index (κ3) is 4.37. The van der Waals surface area contributed by atoms with Gasteiger partial charge in [-0.2, -0.15) is 0 Å². The zero-order chi connectivity index (χ0) is 21.8. The number of hydrogen-bond acceptors (Lipinski definition) is 6. The third-order valence-electron chi connectivity index (χ3n) is 5.57. The first-order valence-electron chi connectivity index (χ1n) is 10.8. The van der Waals surface area contributed by atoms with Gasteiger partial charge in [-0.1, -0.05) is 47.6 Å². The van der Waals surface area contributed by atoms with Gasteiger partial charge in [-0.3, -0.25) is 4.79 Å². The molecule has 0 atom stereocenters. The highest BCUT2D eigenvalue weighted by atomic mass is 16.5. The minimum Gasteiger partial charge on any atom is -0.355 e. The van der Waals surface area contributed by atoms with Crippen molar-refractivity contribution >= 4 is 17.4 Å². The normalized spacial score (nSPS) is 13.7. The van der Waals surface area contributed by atoms with Crippen LogP contribution in [0.5, 0.6) is 0 Å². The largest absolute Gasteiger partial charge is 0.355 e. The van der Waals surface area contributed by atoms with Crippen molar-refractivity contribution in [3.8, 4) is 22.6 Å². The Labute approximate surface area is 186 Å². The Morgan fingerprint density at radius 2 is 1.62 bits per heavy atom. The topological polar surface area (TPSA) is 84.2 Å². The van der Waals surface area contributed by atoms with Crippen molar-refractivity contribution in [1.29, 1.82) is 0 Å². The first kappa shape index (κ1) is 19.9. The van der Waals surface area contributed by atoms with E-state index in [9.17, 15) is 4.79 Å². The van der Waals surface area contributed by atoms with E-state index in [1.807, 2.05) is 66.7 Å². The van der Waals surface area contributed by atoms with E-state index in [0.717, 1.165) is 35.7 Å². The van der Waals surface area contributed by atoms with Crippen LogP contribution in [0.15, 0.2) is 77.3 Å². The number of rotatable bonds is 5. The standard InChI is InChI=1S/C25H23N5O2/c31-25(22-17-23(32-29-22)19-7-3-1-4-8-19)26-20-11-9-18(10-12-20)21-13-14-24(28-27-21)30-15-5-2-6-16-30/h1,3-4,7-14,17H,2,5-6,15-16H2,(H,26,31). The molecule has 1 amide bonds. The SMILES string of the molecule is O=C(Nc1ccc(-c2ccc(N3CCCCC3)nn2)cc1)c1cc(-c2ccccc2)on1. The first-order chi connectivity index (χ1) is 15.8. The van der Waals surface area contributed by atoms with Crippen molar-refractivity contribution in [2.45, 2.75) is 19.3 Å². The van der Waals surface area contributed by atoms with Gasteiger partial charge in [-0.25, -0.2) is 0 Å². The monoisotopic (exact) mass is 425 g/mol. The predicted molar refractivity (Wildman–Crippen MR) is 123 cm³/mol. The van der Waals surface area contributed by atoms with Crippen LogP contribution in [0.4, 0.5) is 11.5 Å². The molecule has 1 N–H and O–H groups in total. The van der Waals surface area contributed by atoms with Gasteiger partial charge in [0.25, 0.3) is 5.91 Å². The van der Waals surface area contributed by atoms with Crippen molar-refractivity contribution in [1.82, 2.24) is 15.4 Å². The average Bonchev–Trinajstić information content (AvgIpc) is 3.37. The lowest BCUT2D eigenvalue weighted by molar-refractivity contribution is 0.101. The molecular weight excluding hydrogens is 402 g/mol. The van der Waals surface area contributed by atoms with Crippen molar-refractivity contribution in [3.05, 3.63) is 78.5 Å². The zero-order valence-electron chi connectivity index (χ0n) is 17.6. The van der Waals surface area contributed by atoms with Crippen LogP contribution >= 0.6 is 0 Å². The second-order valence-electron chi connectivity index (χ2n) is 7.80. The summed E-state index contributed by atoms with van der Waals surface area (Å²) in [4.78, 5) is 14.8. The van der Waals surface area contributed by atoms with E-state index in [1.165, 1.54) is 19.3 Å². The summed E-state index contributed by atoms with van der Waals surface area (Å²) in [5.41, 5.74) is 3.50. The lowest BCUT2D eigenvalue weighted by atomic mass is 10.1. The van der Waals surface area contributed by atoms with Crippen LogP contribution in [0.3, 0.4) is 0 Å². The van der Waals surface area contributed by atoms with Crippen LogP contribution in [-0.4, -0.2) is 34.4 Å². The summed E-state index contributed by atoms with van der Waals surface area (Å²) in [6, 6.07) is 22.7. The summed E-state index contributed by atoms with van der Waals surface area (Å²) in [6.45, 7) is 2.08. The Morgan fingerprint density at radius 3 is 2.34 bits per heavy atom. The van der Waals surface area contributed by atoms with Crippen LogP contribution in [0.25, 0.3) is 22.6 Å². The first-order valence-corrected chi connectivity index (χ1v) is 10.8. The fourth-order valence-corrected chi connectivity index (χ4v) is 3.81. The fraction of sp³-hybridized carbons (Fsp3) is 0.200. The lowest BCUT2D eigenvalue weighted by Crippen LogP contribution is -2.30. The van der Waals surface area contributed by atoms with Gasteiger partial charge in [0.05, 0.1) is 5.69 Å². The minimum absolute atomic E-state index is 0.229. The molecular formula is C25H23N5O2. The Bertz CT molecular complexity index is 1180. The maximum atomic E-state index is 12.5. The second-order valence-corrected chi connectivity index (χ2v) is 7.80. The van der Waals surface area contributed by atoms with Crippen molar-refractivity contribution in [3.63, 3.8) is 0 Å². The smallest absolute Gasteiger partial charge is 0.277 e. The summed E-state index contributed by atoms with van der Waals surface area (Å²) in [5.74, 6) is 1.16.